The van der Waals surface area contributed by atoms with E-state index in [4.69, 9.17) is 5.11 Å². The molecule has 1 aromatic rings. The molecule has 0 aliphatic heterocycles. The average Bonchev–Trinajstić information content (AvgIpc) is 2.33. The van der Waals surface area contributed by atoms with Crippen LogP contribution in [0.1, 0.15) is 6.92 Å². The SMILES string of the molecule is C=CCNc1cc(NCC(C)C(=O)O)ncn1. The van der Waals surface area contributed by atoms with E-state index in [1.165, 1.54) is 6.33 Å². The minimum atomic E-state index is -0.837. The maximum absolute atomic E-state index is 10.6. The molecule has 1 heterocycles. The monoisotopic (exact) mass is 236 g/mol. The molecule has 0 fully saturated rings. The van der Waals surface area contributed by atoms with E-state index >= 15 is 0 Å². The van der Waals surface area contributed by atoms with Gasteiger partial charge in [-0.1, -0.05) is 13.0 Å². The van der Waals surface area contributed by atoms with Gasteiger partial charge in [0.2, 0.25) is 0 Å². The summed E-state index contributed by atoms with van der Waals surface area (Å²) in [5, 5.41) is 14.7. The highest BCUT2D eigenvalue weighted by Crippen LogP contribution is 2.09. The van der Waals surface area contributed by atoms with Crippen molar-refractivity contribution in [2.24, 2.45) is 5.92 Å². The molecule has 17 heavy (non-hydrogen) atoms. The summed E-state index contributed by atoms with van der Waals surface area (Å²) in [4.78, 5) is 18.6. The fourth-order valence-electron chi connectivity index (χ4n) is 1.07. The number of carboxylic acid groups (broad SMARTS) is 1. The number of carbonyl (C=O) groups is 1. The van der Waals surface area contributed by atoms with Crippen molar-refractivity contribution in [2.45, 2.75) is 6.92 Å². The number of aromatic nitrogens is 2. The van der Waals surface area contributed by atoms with Crippen molar-refractivity contribution in [3.8, 4) is 0 Å². The summed E-state index contributed by atoms with van der Waals surface area (Å²) in [6, 6.07) is 1.72. The zero-order valence-corrected chi connectivity index (χ0v) is 9.68. The van der Waals surface area contributed by atoms with Crippen molar-refractivity contribution in [1.82, 2.24) is 9.97 Å². The van der Waals surface area contributed by atoms with Gasteiger partial charge in [-0.05, 0) is 0 Å². The molecule has 6 nitrogen and oxygen atoms in total. The number of carboxylic acids is 1. The molecular weight excluding hydrogens is 220 g/mol. The predicted octanol–water partition coefficient (Wildman–Crippen LogP) is 1.21. The van der Waals surface area contributed by atoms with Gasteiger partial charge in [-0.25, -0.2) is 9.97 Å². The lowest BCUT2D eigenvalue weighted by Crippen LogP contribution is -2.20. The lowest BCUT2D eigenvalue weighted by Gasteiger charge is -2.09. The van der Waals surface area contributed by atoms with Crippen molar-refractivity contribution in [2.75, 3.05) is 23.7 Å². The molecule has 1 atom stereocenters. The van der Waals surface area contributed by atoms with Crippen molar-refractivity contribution >= 4 is 17.6 Å². The van der Waals surface area contributed by atoms with Crippen LogP contribution in [0.5, 0.6) is 0 Å². The molecule has 1 aromatic heterocycles. The minimum Gasteiger partial charge on any atom is -0.481 e. The van der Waals surface area contributed by atoms with Crippen LogP contribution in [0.25, 0.3) is 0 Å². The first-order valence-corrected chi connectivity index (χ1v) is 5.27. The van der Waals surface area contributed by atoms with Gasteiger partial charge in [-0.3, -0.25) is 4.79 Å². The Morgan fingerprint density at radius 2 is 2.18 bits per heavy atom. The van der Waals surface area contributed by atoms with Crippen LogP contribution in [0.15, 0.2) is 25.0 Å². The van der Waals surface area contributed by atoms with Crippen LogP contribution >= 0.6 is 0 Å². The van der Waals surface area contributed by atoms with Crippen molar-refractivity contribution in [1.29, 1.82) is 0 Å². The van der Waals surface area contributed by atoms with E-state index in [-0.39, 0.29) is 0 Å². The number of anilines is 2. The van der Waals surface area contributed by atoms with Gasteiger partial charge in [0.25, 0.3) is 0 Å². The Labute approximate surface area is 99.8 Å². The molecule has 0 amide bonds. The smallest absolute Gasteiger partial charge is 0.308 e. The number of nitrogens with one attached hydrogen (secondary N) is 2. The van der Waals surface area contributed by atoms with Gasteiger partial charge in [-0.2, -0.15) is 0 Å². The fourth-order valence-corrected chi connectivity index (χ4v) is 1.07. The van der Waals surface area contributed by atoms with Gasteiger partial charge < -0.3 is 15.7 Å². The molecule has 6 heteroatoms. The maximum atomic E-state index is 10.6. The highest BCUT2D eigenvalue weighted by Gasteiger charge is 2.10. The second-order valence-corrected chi connectivity index (χ2v) is 3.58. The molecule has 0 radical (unpaired) electrons. The zero-order chi connectivity index (χ0) is 12.7. The normalized spacial score (nSPS) is 11.6. The van der Waals surface area contributed by atoms with E-state index in [0.29, 0.717) is 24.7 Å². The van der Waals surface area contributed by atoms with Crippen LogP contribution in [0, 0.1) is 5.92 Å². The molecular formula is C11H16N4O2. The van der Waals surface area contributed by atoms with Crippen LogP contribution in [0.2, 0.25) is 0 Å². The first kappa shape index (κ1) is 13.0. The second-order valence-electron chi connectivity index (χ2n) is 3.58. The highest BCUT2D eigenvalue weighted by molar-refractivity contribution is 5.70. The van der Waals surface area contributed by atoms with Gasteiger partial charge in [0.15, 0.2) is 0 Å². The van der Waals surface area contributed by atoms with E-state index in [2.05, 4.69) is 27.2 Å². The van der Waals surface area contributed by atoms with Gasteiger partial charge in [-0.15, -0.1) is 6.58 Å². The molecule has 1 rings (SSSR count). The fraction of sp³-hybridized carbons (Fsp3) is 0.364. The molecule has 92 valence electrons. The van der Waals surface area contributed by atoms with Gasteiger partial charge in [0.1, 0.15) is 18.0 Å². The summed E-state index contributed by atoms with van der Waals surface area (Å²) < 4.78 is 0. The second kappa shape index (κ2) is 6.47. The van der Waals surface area contributed by atoms with Crippen molar-refractivity contribution in [3.63, 3.8) is 0 Å². The van der Waals surface area contributed by atoms with Gasteiger partial charge in [0.05, 0.1) is 5.92 Å². The lowest BCUT2D eigenvalue weighted by atomic mass is 10.2. The van der Waals surface area contributed by atoms with Crippen LogP contribution in [0.4, 0.5) is 11.6 Å². The Hall–Kier alpha value is -2.11. The Morgan fingerprint density at radius 1 is 1.53 bits per heavy atom. The lowest BCUT2D eigenvalue weighted by molar-refractivity contribution is -0.140. The first-order chi connectivity index (χ1) is 8.13. The van der Waals surface area contributed by atoms with E-state index in [0.717, 1.165) is 0 Å². The van der Waals surface area contributed by atoms with Crippen molar-refractivity contribution < 1.29 is 9.90 Å². The molecule has 0 saturated heterocycles. The quantitative estimate of drug-likeness (QED) is 0.617. The summed E-state index contributed by atoms with van der Waals surface area (Å²) in [7, 11) is 0. The average molecular weight is 236 g/mol. The molecule has 0 bridgehead atoms. The number of rotatable bonds is 7. The third-order valence-corrected chi connectivity index (χ3v) is 2.11. The highest BCUT2D eigenvalue weighted by atomic mass is 16.4. The molecule has 1 unspecified atom stereocenters. The Kier molecular flexibility index (Phi) is 4.93. The largest absolute Gasteiger partial charge is 0.481 e. The predicted molar refractivity (Wildman–Crippen MR) is 66.0 cm³/mol. The van der Waals surface area contributed by atoms with Gasteiger partial charge in [0, 0.05) is 19.2 Å². The Bertz CT molecular complexity index is 395. The van der Waals surface area contributed by atoms with E-state index in [1.54, 1.807) is 19.1 Å². The third kappa shape index (κ3) is 4.50. The molecule has 0 aromatic carbocycles. The maximum Gasteiger partial charge on any atom is 0.308 e. The molecule has 0 saturated carbocycles. The van der Waals surface area contributed by atoms with E-state index in [1.807, 2.05) is 0 Å². The summed E-state index contributed by atoms with van der Waals surface area (Å²) in [5.74, 6) is -0.0313. The summed E-state index contributed by atoms with van der Waals surface area (Å²) >= 11 is 0. The first-order valence-electron chi connectivity index (χ1n) is 5.27. The minimum absolute atomic E-state index is 0.327. The number of hydrogen-bond acceptors (Lipinski definition) is 5. The Morgan fingerprint density at radius 3 is 2.76 bits per heavy atom. The summed E-state index contributed by atoms with van der Waals surface area (Å²) in [6.45, 7) is 6.16. The summed E-state index contributed by atoms with van der Waals surface area (Å²) in [5.41, 5.74) is 0. The van der Waals surface area contributed by atoms with Crippen molar-refractivity contribution in [3.05, 3.63) is 25.0 Å². The van der Waals surface area contributed by atoms with Gasteiger partial charge >= 0.3 is 5.97 Å². The number of nitrogens with zero attached hydrogens (tertiary/aromatic N) is 2. The van der Waals surface area contributed by atoms with Crippen LogP contribution in [-0.4, -0.2) is 34.1 Å². The topological polar surface area (TPSA) is 87.1 Å². The third-order valence-electron chi connectivity index (χ3n) is 2.11. The number of aliphatic carboxylic acids is 1. The van der Waals surface area contributed by atoms with Crippen LogP contribution < -0.4 is 10.6 Å². The molecule has 0 aliphatic rings. The number of hydrogen-bond donors (Lipinski definition) is 3. The molecule has 0 spiro atoms. The van der Waals surface area contributed by atoms with Crippen LogP contribution in [-0.2, 0) is 4.79 Å². The van der Waals surface area contributed by atoms with E-state index < -0.39 is 11.9 Å². The summed E-state index contributed by atoms with van der Waals surface area (Å²) in [6.07, 6.45) is 3.14. The Balaban J connectivity index is 2.53. The zero-order valence-electron chi connectivity index (χ0n) is 9.68. The molecule has 0 aliphatic carbocycles. The van der Waals surface area contributed by atoms with Crippen LogP contribution in [0.3, 0.4) is 0 Å². The molecule has 3 N–H and O–H groups in total. The van der Waals surface area contributed by atoms with E-state index in [9.17, 15) is 4.79 Å². The standard InChI is InChI=1S/C11H16N4O2/c1-3-4-12-9-5-10(15-7-14-9)13-6-8(2)11(16)17/h3,5,7-8H,1,4,6H2,2H3,(H,16,17)(H2,12,13,14,15).